The van der Waals surface area contributed by atoms with Crippen molar-refractivity contribution in [2.75, 3.05) is 0 Å². The third-order valence-corrected chi connectivity index (χ3v) is 8.95. The van der Waals surface area contributed by atoms with Gasteiger partial charge in [0.25, 0.3) is 0 Å². The molecule has 0 aliphatic rings. The molecule has 0 bridgehead atoms. The Bertz CT molecular complexity index is 767. The van der Waals surface area contributed by atoms with Gasteiger partial charge in [-0.1, -0.05) is 141 Å². The van der Waals surface area contributed by atoms with Gasteiger partial charge in [-0.3, -0.25) is 29.8 Å². The van der Waals surface area contributed by atoms with Crippen LogP contribution in [0.3, 0.4) is 0 Å². The molecule has 0 rings (SSSR count). The van der Waals surface area contributed by atoms with Crippen LogP contribution in [0.5, 0.6) is 0 Å². The Morgan fingerprint density at radius 3 is 0.792 bits per heavy atom. The Kier molecular flexibility index (Phi) is 35.8. The first-order valence-corrected chi connectivity index (χ1v) is 20.4. The minimum Gasteiger partial charge on any atom is -0.296 e. The van der Waals surface area contributed by atoms with E-state index in [2.05, 4.69) is 48.8 Å². The Hall–Kier alpha value is -2.24. The second kappa shape index (κ2) is 37.6. The molecule has 0 saturated carbocycles. The molecule has 0 aromatic heterocycles. The first kappa shape index (κ1) is 45.8. The average molecular weight is 673 g/mol. The Labute approximate surface area is 296 Å². The van der Waals surface area contributed by atoms with E-state index >= 15 is 0 Å². The van der Waals surface area contributed by atoms with Gasteiger partial charge in [-0.05, 0) is 77.0 Å². The van der Waals surface area contributed by atoms with Gasteiger partial charge in [-0.25, -0.2) is 0 Å². The van der Waals surface area contributed by atoms with Crippen molar-refractivity contribution in [1.82, 2.24) is 10.6 Å². The molecule has 2 N–H and O–H groups in total. The van der Waals surface area contributed by atoms with Crippen LogP contribution in [-0.4, -0.2) is 23.6 Å². The maximum atomic E-state index is 12.1. The molecule has 0 unspecified atom stereocenters. The number of rotatable bonds is 35. The number of carbonyl (C=O) groups is 4. The predicted molar refractivity (Wildman–Crippen MR) is 204 cm³/mol. The van der Waals surface area contributed by atoms with Crippen molar-refractivity contribution >= 4 is 23.6 Å². The summed E-state index contributed by atoms with van der Waals surface area (Å²) in [6.07, 6.45) is 43.0. The lowest BCUT2D eigenvalue weighted by atomic mass is 10.1. The molecule has 0 heterocycles. The van der Waals surface area contributed by atoms with Crippen LogP contribution in [0, 0.1) is 0 Å². The third-order valence-electron chi connectivity index (χ3n) is 8.95. The molecule has 0 aliphatic heterocycles. The maximum Gasteiger partial charge on any atom is 0.226 e. The van der Waals surface area contributed by atoms with E-state index in [0.717, 1.165) is 51.4 Å². The lowest BCUT2D eigenvalue weighted by Gasteiger charge is -2.06. The molecule has 0 aromatic carbocycles. The monoisotopic (exact) mass is 673 g/mol. The van der Waals surface area contributed by atoms with Crippen LogP contribution < -0.4 is 10.6 Å². The smallest absolute Gasteiger partial charge is 0.226 e. The van der Waals surface area contributed by atoms with Gasteiger partial charge in [0.2, 0.25) is 23.6 Å². The summed E-state index contributed by atoms with van der Waals surface area (Å²) in [5.74, 6) is -0.991. The summed E-state index contributed by atoms with van der Waals surface area (Å²) >= 11 is 0. The fraction of sp³-hybridized carbons (Fsp3) is 0.810. The summed E-state index contributed by atoms with van der Waals surface area (Å²) in [7, 11) is 0. The van der Waals surface area contributed by atoms with Crippen molar-refractivity contribution in [3.05, 3.63) is 24.3 Å². The summed E-state index contributed by atoms with van der Waals surface area (Å²) in [4.78, 5) is 48.2. The first-order valence-electron chi connectivity index (χ1n) is 20.4. The van der Waals surface area contributed by atoms with E-state index in [1.807, 2.05) is 0 Å². The van der Waals surface area contributed by atoms with Crippen molar-refractivity contribution in [2.24, 2.45) is 0 Å². The lowest BCUT2D eigenvalue weighted by Crippen LogP contribution is -2.31. The standard InChI is InChI=1S/C42H76N2O4/c1-3-5-7-9-11-13-15-17-19-21-23-25-27-29-31-35-39(45)43-41(47)37-33-34-38-42(48)44-40(46)36-32-30-28-26-24-22-20-18-16-14-12-10-8-6-4-2/h17-20H,3-16,21-38H2,1-2H3,(H,43,45,47)(H,44,46,48). The van der Waals surface area contributed by atoms with Gasteiger partial charge in [0.05, 0.1) is 0 Å². The van der Waals surface area contributed by atoms with Gasteiger partial charge in [-0.15, -0.1) is 0 Å². The molecular weight excluding hydrogens is 596 g/mol. The number of allylic oxidation sites excluding steroid dienone is 4. The molecule has 0 radical (unpaired) electrons. The van der Waals surface area contributed by atoms with E-state index in [-0.39, 0.29) is 36.5 Å². The minimum absolute atomic E-state index is 0.211. The Morgan fingerprint density at radius 2 is 0.521 bits per heavy atom. The highest BCUT2D eigenvalue weighted by atomic mass is 16.2. The number of hydrogen-bond acceptors (Lipinski definition) is 4. The van der Waals surface area contributed by atoms with Gasteiger partial charge in [0.1, 0.15) is 0 Å². The van der Waals surface area contributed by atoms with Crippen LogP contribution in [0.25, 0.3) is 0 Å². The molecule has 0 saturated heterocycles. The fourth-order valence-corrected chi connectivity index (χ4v) is 5.84. The summed E-state index contributed by atoms with van der Waals surface area (Å²) in [6, 6.07) is 0. The van der Waals surface area contributed by atoms with Crippen molar-refractivity contribution < 1.29 is 19.2 Å². The molecule has 0 spiro atoms. The summed E-state index contributed by atoms with van der Waals surface area (Å²) in [5, 5.41) is 4.93. The molecule has 48 heavy (non-hydrogen) atoms. The molecule has 278 valence electrons. The van der Waals surface area contributed by atoms with Crippen molar-refractivity contribution in [3.63, 3.8) is 0 Å². The van der Waals surface area contributed by atoms with Crippen LogP contribution >= 0.6 is 0 Å². The SMILES string of the molecule is CCCCCCCCC=CCCCCCCCC(=O)NC(=O)CCCCC(=O)NC(=O)CCCCCCCC=CCCCCCCCC. The van der Waals surface area contributed by atoms with Gasteiger partial charge < -0.3 is 0 Å². The number of carbonyl (C=O) groups excluding carboxylic acids is 4. The van der Waals surface area contributed by atoms with Gasteiger partial charge in [0.15, 0.2) is 0 Å². The summed E-state index contributed by atoms with van der Waals surface area (Å²) in [6.45, 7) is 4.51. The van der Waals surface area contributed by atoms with E-state index in [4.69, 9.17) is 0 Å². The summed E-state index contributed by atoms with van der Waals surface area (Å²) in [5.41, 5.74) is 0. The zero-order chi connectivity index (χ0) is 35.2. The molecule has 0 aromatic rings. The zero-order valence-electron chi connectivity index (χ0n) is 31.6. The topological polar surface area (TPSA) is 92.3 Å². The minimum atomic E-state index is -0.284. The fourth-order valence-electron chi connectivity index (χ4n) is 5.84. The maximum absolute atomic E-state index is 12.1. The molecular formula is C42H76N2O4. The second-order valence-electron chi connectivity index (χ2n) is 13.8. The van der Waals surface area contributed by atoms with E-state index in [1.165, 1.54) is 116 Å². The Balaban J connectivity index is 3.54. The van der Waals surface area contributed by atoms with E-state index < -0.39 is 0 Å². The van der Waals surface area contributed by atoms with Crippen LogP contribution in [-0.2, 0) is 19.2 Å². The van der Waals surface area contributed by atoms with Gasteiger partial charge >= 0.3 is 0 Å². The highest BCUT2D eigenvalue weighted by Crippen LogP contribution is 2.12. The molecule has 0 aliphatic carbocycles. The number of amides is 4. The number of nitrogens with one attached hydrogen (secondary N) is 2. The van der Waals surface area contributed by atoms with E-state index in [9.17, 15) is 19.2 Å². The van der Waals surface area contributed by atoms with Crippen LogP contribution in [0.15, 0.2) is 24.3 Å². The van der Waals surface area contributed by atoms with Crippen molar-refractivity contribution in [3.8, 4) is 0 Å². The van der Waals surface area contributed by atoms with Crippen molar-refractivity contribution in [1.29, 1.82) is 0 Å². The quantitative estimate of drug-likeness (QED) is 0.0517. The van der Waals surface area contributed by atoms with Crippen LogP contribution in [0.4, 0.5) is 0 Å². The van der Waals surface area contributed by atoms with Crippen LogP contribution in [0.2, 0.25) is 0 Å². The first-order chi connectivity index (χ1) is 23.5. The molecule has 0 fully saturated rings. The number of imide groups is 2. The normalized spacial score (nSPS) is 11.5. The van der Waals surface area contributed by atoms with Crippen molar-refractivity contribution in [2.45, 2.75) is 219 Å². The highest BCUT2D eigenvalue weighted by molar-refractivity contribution is 5.95. The number of hydrogen-bond donors (Lipinski definition) is 2. The second-order valence-corrected chi connectivity index (χ2v) is 13.8. The van der Waals surface area contributed by atoms with Crippen LogP contribution in [0.1, 0.15) is 219 Å². The third kappa shape index (κ3) is 36.6. The highest BCUT2D eigenvalue weighted by Gasteiger charge is 2.10. The number of unbranched alkanes of at least 4 members (excludes halogenated alkanes) is 23. The largest absolute Gasteiger partial charge is 0.296 e. The molecule has 0 atom stereocenters. The lowest BCUT2D eigenvalue weighted by molar-refractivity contribution is -0.132. The van der Waals surface area contributed by atoms with E-state index in [0.29, 0.717) is 25.7 Å². The molecule has 4 amide bonds. The summed E-state index contributed by atoms with van der Waals surface area (Å²) < 4.78 is 0. The Morgan fingerprint density at radius 1 is 0.312 bits per heavy atom. The predicted octanol–water partition coefficient (Wildman–Crippen LogP) is 11.9. The van der Waals surface area contributed by atoms with E-state index in [1.54, 1.807) is 0 Å². The van der Waals surface area contributed by atoms with Gasteiger partial charge in [-0.2, -0.15) is 0 Å². The zero-order valence-corrected chi connectivity index (χ0v) is 31.6. The molecule has 6 nitrogen and oxygen atoms in total. The van der Waals surface area contributed by atoms with Gasteiger partial charge in [0, 0.05) is 25.7 Å². The average Bonchev–Trinajstić information content (AvgIpc) is 3.06. The molecule has 6 heteroatoms.